The van der Waals surface area contributed by atoms with Crippen molar-refractivity contribution in [3.05, 3.63) is 53.2 Å². The smallest absolute Gasteiger partial charge is 0.360 e. The van der Waals surface area contributed by atoms with Crippen molar-refractivity contribution >= 4 is 33.0 Å². The van der Waals surface area contributed by atoms with Crippen LogP contribution in [0.25, 0.3) is 10.6 Å². The third-order valence-electron chi connectivity index (χ3n) is 3.62. The number of aromatic nitrogens is 1. The van der Waals surface area contributed by atoms with E-state index < -0.39 is 16.0 Å². The van der Waals surface area contributed by atoms with Crippen LogP contribution in [-0.2, 0) is 14.8 Å². The predicted octanol–water partition coefficient (Wildman–Crippen LogP) is 3.61. The van der Waals surface area contributed by atoms with Gasteiger partial charge >= 0.3 is 5.97 Å². The third kappa shape index (κ3) is 3.63. The van der Waals surface area contributed by atoms with Gasteiger partial charge in [-0.05, 0) is 37.6 Å². The second-order valence-corrected chi connectivity index (χ2v) is 8.60. The summed E-state index contributed by atoms with van der Waals surface area (Å²) in [6.07, 6.45) is 0. The van der Waals surface area contributed by atoms with E-state index in [0.717, 1.165) is 22.5 Å². The van der Waals surface area contributed by atoms with Crippen LogP contribution in [0.15, 0.2) is 45.1 Å². The summed E-state index contributed by atoms with van der Waals surface area (Å²) in [6, 6.07) is 9.96. The average Bonchev–Trinajstić information content (AvgIpc) is 3.25. The second kappa shape index (κ2) is 6.93. The fourth-order valence-electron chi connectivity index (χ4n) is 2.31. The number of hydrogen-bond acceptors (Lipinski definition) is 7. The molecule has 3 aromatic rings. The zero-order chi connectivity index (χ0) is 18.9. The summed E-state index contributed by atoms with van der Waals surface area (Å²) in [5.41, 5.74) is 2.44. The molecule has 0 saturated heterocycles. The molecule has 1 aromatic carbocycles. The van der Waals surface area contributed by atoms with Crippen LogP contribution in [-0.4, -0.2) is 26.7 Å². The molecule has 0 aliphatic heterocycles. The lowest BCUT2D eigenvalue weighted by atomic mass is 10.1. The molecule has 2 heterocycles. The van der Waals surface area contributed by atoms with E-state index in [1.807, 2.05) is 26.0 Å². The van der Waals surface area contributed by atoms with Gasteiger partial charge in [0.1, 0.15) is 4.21 Å². The highest BCUT2D eigenvalue weighted by Gasteiger charge is 2.21. The number of nitrogens with zero attached hydrogens (tertiary/aromatic N) is 1. The molecule has 2 aromatic heterocycles. The number of methoxy groups -OCH3 is 1. The number of sulfonamides is 1. The molecule has 7 nitrogen and oxygen atoms in total. The molecule has 26 heavy (non-hydrogen) atoms. The first kappa shape index (κ1) is 18.2. The summed E-state index contributed by atoms with van der Waals surface area (Å²) in [7, 11) is -2.49. The van der Waals surface area contributed by atoms with Gasteiger partial charge in [-0.25, -0.2) is 13.2 Å². The quantitative estimate of drug-likeness (QED) is 0.666. The normalized spacial score (nSPS) is 11.3. The van der Waals surface area contributed by atoms with Crippen molar-refractivity contribution in [2.75, 3.05) is 11.8 Å². The van der Waals surface area contributed by atoms with Crippen molar-refractivity contribution in [3.63, 3.8) is 0 Å². The minimum absolute atomic E-state index is 0.0220. The Morgan fingerprint density at radius 2 is 1.96 bits per heavy atom. The number of rotatable bonds is 5. The first-order valence-corrected chi connectivity index (χ1v) is 9.85. The molecule has 9 heteroatoms. The summed E-state index contributed by atoms with van der Waals surface area (Å²) in [5, 5.41) is 3.61. The standard InChI is InChI=1S/C17H16N2O5S2/c1-10-4-5-12(11(2)8-10)19-26(21,22)16-7-6-15(25-16)14-9-13(18-24-14)17(20)23-3/h4-9,19H,1-3H3. The lowest BCUT2D eigenvalue weighted by molar-refractivity contribution is 0.0589. The number of carbonyl (C=O) groups excluding carboxylic acids is 1. The van der Waals surface area contributed by atoms with E-state index in [1.165, 1.54) is 19.2 Å². The number of hydrogen-bond donors (Lipinski definition) is 1. The first-order valence-electron chi connectivity index (χ1n) is 7.55. The van der Waals surface area contributed by atoms with Gasteiger partial charge in [0.05, 0.1) is 17.7 Å². The SMILES string of the molecule is COC(=O)c1cc(-c2ccc(S(=O)(=O)Nc3ccc(C)cc3C)s2)on1. The molecule has 136 valence electrons. The van der Waals surface area contributed by atoms with E-state index >= 15 is 0 Å². The highest BCUT2D eigenvalue weighted by Crippen LogP contribution is 2.32. The fraction of sp³-hybridized carbons (Fsp3) is 0.176. The largest absolute Gasteiger partial charge is 0.464 e. The summed E-state index contributed by atoms with van der Waals surface area (Å²) in [4.78, 5) is 12.0. The Kier molecular flexibility index (Phi) is 4.84. The molecule has 0 aliphatic rings. The molecule has 0 spiro atoms. The molecule has 0 amide bonds. The number of thiophene rings is 1. The van der Waals surface area contributed by atoms with Gasteiger partial charge in [-0.1, -0.05) is 22.9 Å². The van der Waals surface area contributed by atoms with Crippen LogP contribution in [0, 0.1) is 13.8 Å². The second-order valence-electron chi connectivity index (χ2n) is 5.61. The Morgan fingerprint density at radius 1 is 1.19 bits per heavy atom. The first-order chi connectivity index (χ1) is 12.3. The number of benzene rings is 1. The van der Waals surface area contributed by atoms with Crippen molar-refractivity contribution in [2.24, 2.45) is 0 Å². The number of aryl methyl sites for hydroxylation is 2. The van der Waals surface area contributed by atoms with Gasteiger partial charge in [0.15, 0.2) is 11.5 Å². The molecule has 0 radical (unpaired) electrons. The molecule has 0 fully saturated rings. The van der Waals surface area contributed by atoms with E-state index in [9.17, 15) is 13.2 Å². The van der Waals surface area contributed by atoms with Gasteiger partial charge < -0.3 is 9.26 Å². The topological polar surface area (TPSA) is 98.5 Å². The molecular weight excluding hydrogens is 376 g/mol. The maximum Gasteiger partial charge on any atom is 0.360 e. The number of nitrogens with one attached hydrogen (secondary N) is 1. The van der Waals surface area contributed by atoms with E-state index in [-0.39, 0.29) is 9.90 Å². The minimum Gasteiger partial charge on any atom is -0.464 e. The Hall–Kier alpha value is -2.65. The van der Waals surface area contributed by atoms with E-state index in [0.29, 0.717) is 16.3 Å². The number of ether oxygens (including phenoxy) is 1. The Morgan fingerprint density at radius 3 is 2.65 bits per heavy atom. The maximum absolute atomic E-state index is 12.6. The van der Waals surface area contributed by atoms with Crippen molar-refractivity contribution in [1.82, 2.24) is 5.16 Å². The van der Waals surface area contributed by atoms with Crippen LogP contribution in [0.4, 0.5) is 5.69 Å². The van der Waals surface area contributed by atoms with Crippen LogP contribution < -0.4 is 4.72 Å². The highest BCUT2D eigenvalue weighted by atomic mass is 32.2. The molecule has 0 bridgehead atoms. The maximum atomic E-state index is 12.6. The summed E-state index contributed by atoms with van der Waals surface area (Å²) in [5.74, 6) is -0.329. The van der Waals surface area contributed by atoms with Crippen LogP contribution in [0.1, 0.15) is 21.6 Å². The minimum atomic E-state index is -3.74. The fourth-order valence-corrected chi connectivity index (χ4v) is 4.70. The van der Waals surface area contributed by atoms with Gasteiger partial charge in [-0.3, -0.25) is 4.72 Å². The summed E-state index contributed by atoms with van der Waals surface area (Å²) in [6.45, 7) is 3.78. The highest BCUT2D eigenvalue weighted by molar-refractivity contribution is 7.94. The summed E-state index contributed by atoms with van der Waals surface area (Å²) < 4.78 is 37.6. The lowest BCUT2D eigenvalue weighted by Gasteiger charge is -2.09. The Bertz CT molecular complexity index is 1070. The van der Waals surface area contributed by atoms with Gasteiger partial charge in [-0.15, -0.1) is 11.3 Å². The lowest BCUT2D eigenvalue weighted by Crippen LogP contribution is -2.12. The molecule has 0 unspecified atom stereocenters. The van der Waals surface area contributed by atoms with Crippen molar-refractivity contribution in [2.45, 2.75) is 18.1 Å². The number of esters is 1. The molecule has 0 atom stereocenters. The van der Waals surface area contributed by atoms with E-state index in [1.54, 1.807) is 12.1 Å². The van der Waals surface area contributed by atoms with Crippen LogP contribution >= 0.6 is 11.3 Å². The van der Waals surface area contributed by atoms with Crippen LogP contribution in [0.5, 0.6) is 0 Å². The zero-order valence-corrected chi connectivity index (χ0v) is 15.9. The van der Waals surface area contributed by atoms with E-state index in [4.69, 9.17) is 4.52 Å². The predicted molar refractivity (Wildman–Crippen MR) is 97.9 cm³/mol. The Balaban J connectivity index is 1.86. The molecular formula is C17H16N2O5S2. The molecule has 1 N–H and O–H groups in total. The average molecular weight is 392 g/mol. The Labute approximate surface area is 154 Å². The van der Waals surface area contributed by atoms with Gasteiger partial charge in [0, 0.05) is 6.07 Å². The van der Waals surface area contributed by atoms with Gasteiger partial charge in [-0.2, -0.15) is 0 Å². The molecule has 0 aliphatic carbocycles. The van der Waals surface area contributed by atoms with Crippen molar-refractivity contribution in [3.8, 4) is 10.6 Å². The zero-order valence-electron chi connectivity index (χ0n) is 14.3. The van der Waals surface area contributed by atoms with Crippen molar-refractivity contribution < 1.29 is 22.5 Å². The number of anilines is 1. The van der Waals surface area contributed by atoms with Gasteiger partial charge in [0.25, 0.3) is 10.0 Å². The number of carbonyl (C=O) groups is 1. The van der Waals surface area contributed by atoms with Crippen molar-refractivity contribution in [1.29, 1.82) is 0 Å². The van der Waals surface area contributed by atoms with E-state index in [2.05, 4.69) is 14.6 Å². The monoisotopic (exact) mass is 392 g/mol. The third-order valence-corrected chi connectivity index (χ3v) is 6.58. The van der Waals surface area contributed by atoms with Crippen LogP contribution in [0.2, 0.25) is 0 Å². The van der Waals surface area contributed by atoms with Crippen LogP contribution in [0.3, 0.4) is 0 Å². The molecule has 3 rings (SSSR count). The molecule has 0 saturated carbocycles. The summed E-state index contributed by atoms with van der Waals surface area (Å²) >= 11 is 1.02. The van der Waals surface area contributed by atoms with Gasteiger partial charge in [0.2, 0.25) is 0 Å².